The smallest absolute Gasteiger partial charge is 0.227 e. The Balaban J connectivity index is 1.45. The van der Waals surface area contributed by atoms with E-state index in [1.807, 2.05) is 12.1 Å². The van der Waals surface area contributed by atoms with Crippen LogP contribution in [0.4, 0.5) is 0 Å². The van der Waals surface area contributed by atoms with Crippen molar-refractivity contribution < 1.29 is 27.2 Å². The first-order valence-corrected chi connectivity index (χ1v) is 11.6. The molecule has 10 heteroatoms. The highest BCUT2D eigenvalue weighted by Crippen LogP contribution is 2.24. The zero-order valence-electron chi connectivity index (χ0n) is 17.9. The lowest BCUT2D eigenvalue weighted by Gasteiger charge is -2.11. The molecule has 3 aromatic rings. The van der Waals surface area contributed by atoms with Crippen molar-refractivity contribution in [2.45, 2.75) is 29.9 Å². The maximum absolute atomic E-state index is 12.4. The third-order valence-electron chi connectivity index (χ3n) is 4.71. The molecule has 0 radical (unpaired) electrons. The molecule has 1 N–H and O–H groups in total. The normalized spacial score (nSPS) is 11.2. The van der Waals surface area contributed by atoms with E-state index in [0.29, 0.717) is 24.5 Å². The second-order valence-corrected chi connectivity index (χ2v) is 8.94. The van der Waals surface area contributed by atoms with Crippen molar-refractivity contribution in [2.75, 3.05) is 20.8 Å². The maximum atomic E-state index is 12.4. The van der Waals surface area contributed by atoms with Gasteiger partial charge in [-0.3, -0.25) is 4.79 Å². The number of nitrogens with one attached hydrogen (secondary N) is 1. The minimum atomic E-state index is -3.56. The SMILES string of the molecule is COc1ccc(CCNC(=O)CCc2nc(CS(=O)(=O)c3ccccc3)no2)c(OC)c1. The molecule has 1 aromatic heterocycles. The molecule has 0 atom stereocenters. The summed E-state index contributed by atoms with van der Waals surface area (Å²) in [7, 11) is -0.392. The van der Waals surface area contributed by atoms with Gasteiger partial charge in [0.2, 0.25) is 11.8 Å². The second kappa shape index (κ2) is 10.8. The highest BCUT2D eigenvalue weighted by atomic mass is 32.2. The Morgan fingerprint density at radius 2 is 1.84 bits per heavy atom. The van der Waals surface area contributed by atoms with Gasteiger partial charge in [-0.05, 0) is 30.2 Å². The van der Waals surface area contributed by atoms with Crippen LogP contribution in [0.1, 0.15) is 23.7 Å². The first kappa shape index (κ1) is 23.3. The number of rotatable bonds is 11. The van der Waals surface area contributed by atoms with Gasteiger partial charge in [-0.15, -0.1) is 0 Å². The third kappa shape index (κ3) is 6.30. The quantitative estimate of drug-likeness (QED) is 0.464. The zero-order valence-corrected chi connectivity index (χ0v) is 18.7. The fourth-order valence-corrected chi connectivity index (χ4v) is 4.23. The monoisotopic (exact) mass is 459 g/mol. The molecule has 0 aliphatic carbocycles. The number of ether oxygens (including phenoxy) is 2. The van der Waals surface area contributed by atoms with Crippen LogP contribution >= 0.6 is 0 Å². The number of aromatic nitrogens is 2. The van der Waals surface area contributed by atoms with Gasteiger partial charge in [0.25, 0.3) is 0 Å². The van der Waals surface area contributed by atoms with E-state index in [2.05, 4.69) is 15.5 Å². The van der Waals surface area contributed by atoms with Crippen molar-refractivity contribution >= 4 is 15.7 Å². The molecule has 0 aliphatic rings. The lowest BCUT2D eigenvalue weighted by molar-refractivity contribution is -0.121. The van der Waals surface area contributed by atoms with Gasteiger partial charge in [-0.25, -0.2) is 8.42 Å². The van der Waals surface area contributed by atoms with Crippen molar-refractivity contribution in [3.05, 3.63) is 65.8 Å². The average Bonchev–Trinajstić information content (AvgIpc) is 3.25. The molecule has 2 aromatic carbocycles. The summed E-state index contributed by atoms with van der Waals surface area (Å²) in [6, 6.07) is 13.6. The lowest BCUT2D eigenvalue weighted by atomic mass is 10.1. The Bertz CT molecular complexity index is 1150. The minimum absolute atomic E-state index is 0.0656. The molecular weight excluding hydrogens is 434 g/mol. The maximum Gasteiger partial charge on any atom is 0.227 e. The predicted octanol–water partition coefficient (Wildman–Crippen LogP) is 2.35. The van der Waals surface area contributed by atoms with Crippen LogP contribution in [-0.2, 0) is 33.2 Å². The van der Waals surface area contributed by atoms with Gasteiger partial charge in [-0.1, -0.05) is 29.4 Å². The standard InChI is InChI=1S/C22H25N3O6S/c1-29-17-9-8-16(19(14-17)30-2)12-13-23-21(26)10-11-22-24-20(25-31-22)15-32(27,28)18-6-4-3-5-7-18/h3-9,14H,10-13,15H2,1-2H3,(H,23,26). The number of amides is 1. The summed E-state index contributed by atoms with van der Waals surface area (Å²) in [5.74, 6) is 1.14. The predicted molar refractivity (Wildman–Crippen MR) is 116 cm³/mol. The number of aryl methyl sites for hydroxylation is 1. The Morgan fingerprint density at radius 1 is 1.06 bits per heavy atom. The van der Waals surface area contributed by atoms with E-state index in [1.165, 1.54) is 12.1 Å². The first-order chi connectivity index (χ1) is 15.4. The summed E-state index contributed by atoms with van der Waals surface area (Å²) in [5.41, 5.74) is 0.953. The molecule has 9 nitrogen and oxygen atoms in total. The summed E-state index contributed by atoms with van der Waals surface area (Å²) >= 11 is 0. The Hall–Kier alpha value is -3.40. The van der Waals surface area contributed by atoms with Gasteiger partial charge in [0.15, 0.2) is 15.7 Å². The topological polar surface area (TPSA) is 121 Å². The van der Waals surface area contributed by atoms with E-state index in [0.717, 1.165) is 5.56 Å². The van der Waals surface area contributed by atoms with Crippen LogP contribution < -0.4 is 14.8 Å². The van der Waals surface area contributed by atoms with Crippen LogP contribution in [0.3, 0.4) is 0 Å². The van der Waals surface area contributed by atoms with Crippen LogP contribution in [0.2, 0.25) is 0 Å². The van der Waals surface area contributed by atoms with Gasteiger partial charge >= 0.3 is 0 Å². The van der Waals surface area contributed by atoms with Crippen molar-refractivity contribution in [3.8, 4) is 11.5 Å². The van der Waals surface area contributed by atoms with Gasteiger partial charge in [-0.2, -0.15) is 4.98 Å². The lowest BCUT2D eigenvalue weighted by Crippen LogP contribution is -2.26. The summed E-state index contributed by atoms with van der Waals surface area (Å²) in [6.45, 7) is 0.436. The van der Waals surface area contributed by atoms with Crippen LogP contribution in [-0.4, -0.2) is 45.2 Å². The number of hydrogen-bond donors (Lipinski definition) is 1. The van der Waals surface area contributed by atoms with Crippen LogP contribution in [0.15, 0.2) is 57.9 Å². The Morgan fingerprint density at radius 3 is 2.56 bits per heavy atom. The number of methoxy groups -OCH3 is 2. The van der Waals surface area contributed by atoms with Gasteiger partial charge in [0.1, 0.15) is 17.3 Å². The molecule has 0 saturated carbocycles. The molecule has 0 bridgehead atoms. The van der Waals surface area contributed by atoms with Crippen LogP contribution in [0.25, 0.3) is 0 Å². The molecular formula is C22H25N3O6S. The molecule has 1 heterocycles. The molecule has 0 spiro atoms. The number of nitrogens with zero attached hydrogens (tertiary/aromatic N) is 2. The van der Waals surface area contributed by atoms with E-state index in [4.69, 9.17) is 14.0 Å². The van der Waals surface area contributed by atoms with Crippen molar-refractivity contribution in [3.63, 3.8) is 0 Å². The van der Waals surface area contributed by atoms with E-state index in [9.17, 15) is 13.2 Å². The van der Waals surface area contributed by atoms with E-state index in [-0.39, 0.29) is 41.1 Å². The van der Waals surface area contributed by atoms with Crippen molar-refractivity contribution in [2.24, 2.45) is 0 Å². The number of carbonyl (C=O) groups excluding carboxylic acids is 1. The average molecular weight is 460 g/mol. The largest absolute Gasteiger partial charge is 0.497 e. The number of hydrogen-bond acceptors (Lipinski definition) is 8. The van der Waals surface area contributed by atoms with E-state index < -0.39 is 9.84 Å². The van der Waals surface area contributed by atoms with Gasteiger partial charge < -0.3 is 19.3 Å². The Labute approximate surface area is 186 Å². The molecule has 0 aliphatic heterocycles. The van der Waals surface area contributed by atoms with E-state index in [1.54, 1.807) is 38.5 Å². The minimum Gasteiger partial charge on any atom is -0.497 e. The molecule has 1 amide bonds. The fraction of sp³-hybridized carbons (Fsp3) is 0.318. The number of benzene rings is 2. The number of sulfone groups is 1. The summed E-state index contributed by atoms with van der Waals surface area (Å²) in [4.78, 5) is 16.4. The molecule has 0 fully saturated rings. The van der Waals surface area contributed by atoms with Crippen LogP contribution in [0.5, 0.6) is 11.5 Å². The fourth-order valence-electron chi connectivity index (χ4n) is 3.04. The van der Waals surface area contributed by atoms with Crippen molar-refractivity contribution in [1.29, 1.82) is 0 Å². The van der Waals surface area contributed by atoms with E-state index >= 15 is 0 Å². The zero-order chi connectivity index (χ0) is 23.0. The van der Waals surface area contributed by atoms with Gasteiger partial charge in [0, 0.05) is 25.5 Å². The molecule has 3 rings (SSSR count). The highest BCUT2D eigenvalue weighted by Gasteiger charge is 2.19. The third-order valence-corrected chi connectivity index (χ3v) is 6.34. The molecule has 0 saturated heterocycles. The highest BCUT2D eigenvalue weighted by molar-refractivity contribution is 7.90. The number of carbonyl (C=O) groups is 1. The molecule has 32 heavy (non-hydrogen) atoms. The molecule has 170 valence electrons. The summed E-state index contributed by atoms with van der Waals surface area (Å²) in [5, 5.41) is 6.56. The van der Waals surface area contributed by atoms with Crippen molar-refractivity contribution in [1.82, 2.24) is 15.5 Å². The summed E-state index contributed by atoms with van der Waals surface area (Å²) in [6.07, 6.45) is 0.962. The van der Waals surface area contributed by atoms with Gasteiger partial charge in [0.05, 0.1) is 19.1 Å². The van der Waals surface area contributed by atoms with Crippen LogP contribution in [0, 0.1) is 0 Å². The summed E-state index contributed by atoms with van der Waals surface area (Å²) < 4.78 is 40.4. The second-order valence-electron chi connectivity index (χ2n) is 6.95. The first-order valence-electron chi connectivity index (χ1n) is 9.98. The molecule has 0 unspecified atom stereocenters. The Kier molecular flexibility index (Phi) is 7.82.